The number of aromatic nitrogens is 3. The first-order valence-corrected chi connectivity index (χ1v) is 22.6. The van der Waals surface area contributed by atoms with Gasteiger partial charge in [-0.2, -0.15) is 0 Å². The lowest BCUT2D eigenvalue weighted by Crippen LogP contribution is -1.94. The standard InChI is InChI=1S/C24H16N2O2.C24H16N2.C6H15O3P/c27-26(28)24-13-7-4-10-19(24)17-14-15-23-21(16-17)20-11-5-6-12-22(20)25(23)18-8-2-1-3-9-18;1-2-8-16(9-3-1)26-21-13-7-5-11-19(21)23-22(26)15-14-18-17-10-4-6-12-20(17)25-24(18)23;1-4-7-10(8-5-2)9-6-3/h1-16H;1-15,25H;4-6H2,1-3H3. The third kappa shape index (κ3) is 8.14. The van der Waals surface area contributed by atoms with Crippen LogP contribution in [0.2, 0.25) is 0 Å². The van der Waals surface area contributed by atoms with Gasteiger partial charge in [-0.15, -0.1) is 0 Å². The van der Waals surface area contributed by atoms with Crippen LogP contribution in [0.3, 0.4) is 0 Å². The van der Waals surface area contributed by atoms with Crippen LogP contribution in [0.1, 0.15) is 20.8 Å². The van der Waals surface area contributed by atoms with Crippen LogP contribution in [-0.2, 0) is 13.6 Å². The fourth-order valence-electron chi connectivity index (χ4n) is 8.53. The van der Waals surface area contributed by atoms with Crippen molar-refractivity contribution < 1.29 is 18.5 Å². The molecule has 0 saturated heterocycles. The lowest BCUT2D eigenvalue weighted by molar-refractivity contribution is -0.384. The number of nitro benzene ring substituents is 1. The van der Waals surface area contributed by atoms with Crippen LogP contribution in [0.4, 0.5) is 5.69 Å². The number of hydrogen-bond donors (Lipinski definition) is 1. The fourth-order valence-corrected chi connectivity index (χ4v) is 9.39. The van der Waals surface area contributed by atoms with E-state index in [0.29, 0.717) is 25.4 Å². The molecule has 11 rings (SSSR count). The van der Waals surface area contributed by atoms with E-state index in [1.807, 2.05) is 69.3 Å². The molecule has 0 aliphatic carbocycles. The number of rotatable bonds is 10. The van der Waals surface area contributed by atoms with E-state index in [9.17, 15) is 10.1 Å². The summed E-state index contributed by atoms with van der Waals surface area (Å²) in [5, 5.41) is 18.8. The minimum Gasteiger partial charge on any atom is -0.354 e. The second-order valence-corrected chi connectivity index (χ2v) is 16.1. The van der Waals surface area contributed by atoms with E-state index in [1.54, 1.807) is 18.2 Å². The number of para-hydroxylation sites is 6. The number of benzene rings is 8. The fraction of sp³-hybridized carbons (Fsp3) is 0.111. The molecular formula is C54H47N4O5P. The highest BCUT2D eigenvalue weighted by atomic mass is 31.2. The lowest BCUT2D eigenvalue weighted by Gasteiger charge is -2.12. The van der Waals surface area contributed by atoms with Gasteiger partial charge in [-0.3, -0.25) is 10.1 Å². The molecule has 0 unspecified atom stereocenters. The van der Waals surface area contributed by atoms with Crippen LogP contribution < -0.4 is 0 Å². The minimum atomic E-state index is -1.06. The molecule has 0 atom stereocenters. The van der Waals surface area contributed by atoms with Crippen molar-refractivity contribution >= 4 is 79.7 Å². The molecule has 0 radical (unpaired) electrons. The van der Waals surface area contributed by atoms with Gasteiger partial charge in [0.25, 0.3) is 5.69 Å². The molecule has 10 heteroatoms. The van der Waals surface area contributed by atoms with Crippen molar-refractivity contribution in [2.75, 3.05) is 19.8 Å². The van der Waals surface area contributed by atoms with Gasteiger partial charge in [0.15, 0.2) is 0 Å². The molecule has 64 heavy (non-hydrogen) atoms. The lowest BCUT2D eigenvalue weighted by atomic mass is 10.0. The van der Waals surface area contributed by atoms with Crippen LogP contribution in [0.5, 0.6) is 0 Å². The molecule has 0 fully saturated rings. The van der Waals surface area contributed by atoms with Gasteiger partial charge < -0.3 is 27.7 Å². The van der Waals surface area contributed by atoms with Crippen LogP contribution >= 0.6 is 8.60 Å². The summed E-state index contributed by atoms with van der Waals surface area (Å²) in [6, 6.07) is 63.7. The quantitative estimate of drug-likeness (QED) is 0.0839. The normalized spacial score (nSPS) is 11.4. The Balaban J connectivity index is 0.000000135. The van der Waals surface area contributed by atoms with Gasteiger partial charge in [0.1, 0.15) is 0 Å². The predicted octanol–water partition coefficient (Wildman–Crippen LogP) is 15.1. The summed E-state index contributed by atoms with van der Waals surface area (Å²) in [5.41, 5.74) is 10.9. The monoisotopic (exact) mass is 862 g/mol. The SMILES string of the molecule is CCOP(OCC)OCC.O=[N+]([O-])c1ccccc1-c1ccc2c(c1)c1ccccc1n2-c1ccccc1.c1ccc(-n2c3ccccc3c3c4[nH]c5ccccc5c4ccc32)cc1. The van der Waals surface area contributed by atoms with Crippen molar-refractivity contribution in [1.29, 1.82) is 0 Å². The first-order valence-electron chi connectivity index (χ1n) is 21.5. The van der Waals surface area contributed by atoms with Crippen molar-refractivity contribution in [1.82, 2.24) is 14.1 Å². The number of nitrogens with one attached hydrogen (secondary N) is 1. The van der Waals surface area contributed by atoms with Crippen LogP contribution in [0.25, 0.3) is 87.9 Å². The molecule has 3 aromatic heterocycles. The van der Waals surface area contributed by atoms with Crippen molar-refractivity contribution in [3.8, 4) is 22.5 Å². The molecule has 8 aromatic carbocycles. The number of nitro groups is 1. The predicted molar refractivity (Wildman–Crippen MR) is 265 cm³/mol. The van der Waals surface area contributed by atoms with Crippen molar-refractivity contribution in [3.05, 3.63) is 198 Å². The highest BCUT2D eigenvalue weighted by Crippen LogP contribution is 2.41. The maximum absolute atomic E-state index is 11.5. The maximum Gasteiger partial charge on any atom is 0.332 e. The second-order valence-electron chi connectivity index (χ2n) is 14.9. The third-order valence-electron chi connectivity index (χ3n) is 11.1. The molecule has 0 aliphatic heterocycles. The first kappa shape index (κ1) is 42.2. The Hall–Kier alpha value is -7.13. The Kier molecular flexibility index (Phi) is 12.6. The largest absolute Gasteiger partial charge is 0.354 e. The van der Waals surface area contributed by atoms with E-state index >= 15 is 0 Å². The highest BCUT2D eigenvalue weighted by molar-refractivity contribution is 7.41. The van der Waals surface area contributed by atoms with Gasteiger partial charge in [-0.1, -0.05) is 115 Å². The molecular weight excluding hydrogens is 816 g/mol. The van der Waals surface area contributed by atoms with Gasteiger partial charge in [0.2, 0.25) is 0 Å². The number of aromatic amines is 1. The summed E-state index contributed by atoms with van der Waals surface area (Å²) in [5.74, 6) is 0. The average molecular weight is 863 g/mol. The molecule has 0 saturated carbocycles. The number of nitrogens with zero attached hydrogens (tertiary/aromatic N) is 3. The minimum absolute atomic E-state index is 0.119. The molecule has 318 valence electrons. The Labute approximate surface area is 372 Å². The molecule has 0 bridgehead atoms. The Morgan fingerprint density at radius 1 is 0.500 bits per heavy atom. The van der Waals surface area contributed by atoms with Crippen LogP contribution in [-0.4, -0.2) is 38.9 Å². The average Bonchev–Trinajstić information content (AvgIpc) is 4.00. The van der Waals surface area contributed by atoms with E-state index in [2.05, 4.69) is 135 Å². The number of fused-ring (bicyclic) bond motifs is 10. The summed E-state index contributed by atoms with van der Waals surface area (Å²) in [4.78, 5) is 14.8. The van der Waals surface area contributed by atoms with Gasteiger partial charge in [-0.05, 0) is 93.1 Å². The molecule has 0 spiro atoms. The Morgan fingerprint density at radius 3 is 1.64 bits per heavy atom. The molecule has 0 aliphatic rings. The summed E-state index contributed by atoms with van der Waals surface area (Å²) < 4.78 is 20.0. The van der Waals surface area contributed by atoms with E-state index in [1.165, 1.54) is 49.3 Å². The van der Waals surface area contributed by atoms with E-state index in [4.69, 9.17) is 13.6 Å². The smallest absolute Gasteiger partial charge is 0.332 e. The Bertz CT molecular complexity index is 3360. The van der Waals surface area contributed by atoms with Crippen molar-refractivity contribution in [3.63, 3.8) is 0 Å². The first-order chi connectivity index (χ1) is 31.5. The number of H-pyrrole nitrogens is 1. The highest BCUT2D eigenvalue weighted by Gasteiger charge is 2.19. The summed E-state index contributed by atoms with van der Waals surface area (Å²) >= 11 is 0. The second kappa shape index (κ2) is 19.1. The van der Waals surface area contributed by atoms with Crippen LogP contribution in [0, 0.1) is 10.1 Å². The van der Waals surface area contributed by atoms with Crippen molar-refractivity contribution in [2.45, 2.75) is 20.8 Å². The Morgan fingerprint density at radius 2 is 1.00 bits per heavy atom. The maximum atomic E-state index is 11.5. The zero-order chi connectivity index (χ0) is 44.0. The van der Waals surface area contributed by atoms with Crippen molar-refractivity contribution in [2.24, 2.45) is 0 Å². The zero-order valence-corrected chi connectivity index (χ0v) is 36.7. The van der Waals surface area contributed by atoms with Crippen LogP contribution in [0.15, 0.2) is 188 Å². The molecule has 11 aromatic rings. The summed E-state index contributed by atoms with van der Waals surface area (Å²) in [6.07, 6.45) is 0. The van der Waals surface area contributed by atoms with E-state index in [0.717, 1.165) is 33.1 Å². The van der Waals surface area contributed by atoms with Gasteiger partial charge in [0, 0.05) is 55.3 Å². The van der Waals surface area contributed by atoms with Gasteiger partial charge in [-0.25, -0.2) is 0 Å². The van der Waals surface area contributed by atoms with Gasteiger partial charge >= 0.3 is 8.60 Å². The zero-order valence-electron chi connectivity index (χ0n) is 35.8. The third-order valence-corrected chi connectivity index (χ3v) is 12.5. The summed E-state index contributed by atoms with van der Waals surface area (Å²) in [6.45, 7) is 7.71. The van der Waals surface area contributed by atoms with E-state index < -0.39 is 8.60 Å². The number of hydrogen-bond acceptors (Lipinski definition) is 5. The molecule has 9 nitrogen and oxygen atoms in total. The molecule has 1 N–H and O–H groups in total. The summed E-state index contributed by atoms with van der Waals surface area (Å²) in [7, 11) is -1.06. The van der Waals surface area contributed by atoms with Gasteiger partial charge in [0.05, 0.1) is 57.9 Å². The molecule has 3 heterocycles. The topological polar surface area (TPSA) is 96.5 Å². The molecule has 0 amide bonds. The van der Waals surface area contributed by atoms with E-state index in [-0.39, 0.29) is 10.6 Å².